The zero-order valence-electron chi connectivity index (χ0n) is 26.9. The Labute approximate surface area is 260 Å². The average molecular weight is 609 g/mol. The highest BCUT2D eigenvalue weighted by Gasteiger charge is 2.50. The van der Waals surface area contributed by atoms with E-state index in [4.69, 9.17) is 4.42 Å². The number of aryl methyl sites for hydroxylation is 2. The third-order valence-corrected chi connectivity index (χ3v) is 9.55. The number of hydrogen-bond acceptors (Lipinski definition) is 2. The summed E-state index contributed by atoms with van der Waals surface area (Å²) in [5.41, 5.74) is 7.41. The van der Waals surface area contributed by atoms with Gasteiger partial charge in [-0.25, -0.2) is 9.56 Å². The van der Waals surface area contributed by atoms with E-state index >= 15 is 0 Å². The summed E-state index contributed by atoms with van der Waals surface area (Å²) in [6.45, 7) is 14.1. The van der Waals surface area contributed by atoms with Gasteiger partial charge in [0.15, 0.2) is 22.2 Å². The Morgan fingerprint density at radius 3 is 2.09 bits per heavy atom. The number of aromatic nitrogens is 2. The van der Waals surface area contributed by atoms with Crippen molar-refractivity contribution in [3.05, 3.63) is 89.0 Å². The predicted octanol–water partition coefficient (Wildman–Crippen LogP) is 10.5. The molecule has 3 heterocycles. The average Bonchev–Trinajstić information content (AvgIpc) is 3.59. The fraction of sp³-hybridized carbons (Fsp3) is 0.316. The van der Waals surface area contributed by atoms with Gasteiger partial charge in [-0.1, -0.05) is 96.1 Å². The highest BCUT2D eigenvalue weighted by Crippen LogP contribution is 2.51. The van der Waals surface area contributed by atoms with Gasteiger partial charge in [-0.3, -0.25) is 0 Å². The number of nitrogens with zero attached hydrogens (tertiary/aromatic N) is 3. The zero-order chi connectivity index (χ0) is 32.2. The van der Waals surface area contributed by atoms with Crippen LogP contribution in [0.15, 0.2) is 76.1 Å². The molecule has 0 aliphatic carbocycles. The molecular formula is C38H37F3N3O+. The van der Waals surface area contributed by atoms with Crippen LogP contribution in [0.3, 0.4) is 0 Å². The molecule has 0 bridgehead atoms. The molecule has 7 rings (SSSR count). The van der Waals surface area contributed by atoms with Crippen molar-refractivity contribution in [1.29, 1.82) is 0 Å². The van der Waals surface area contributed by atoms with Crippen molar-refractivity contribution in [2.75, 3.05) is 0 Å². The Balaban J connectivity index is 1.63. The van der Waals surface area contributed by atoms with E-state index in [2.05, 4.69) is 98.3 Å². The van der Waals surface area contributed by atoms with E-state index in [1.165, 1.54) is 11.1 Å². The van der Waals surface area contributed by atoms with Crippen molar-refractivity contribution in [3.8, 4) is 17.1 Å². The van der Waals surface area contributed by atoms with Crippen molar-refractivity contribution in [2.45, 2.75) is 71.9 Å². The van der Waals surface area contributed by atoms with Gasteiger partial charge < -0.3 is 4.42 Å². The number of aliphatic imine (C=N–C) groups is 1. The van der Waals surface area contributed by atoms with Crippen molar-refractivity contribution >= 4 is 44.4 Å². The minimum atomic E-state index is -4.55. The molecule has 45 heavy (non-hydrogen) atoms. The highest BCUT2D eigenvalue weighted by atomic mass is 19.4. The molecule has 0 atom stereocenters. The van der Waals surface area contributed by atoms with E-state index in [1.807, 2.05) is 18.2 Å². The van der Waals surface area contributed by atoms with Crippen molar-refractivity contribution in [3.63, 3.8) is 0 Å². The fourth-order valence-electron chi connectivity index (χ4n) is 7.27. The summed E-state index contributed by atoms with van der Waals surface area (Å²) < 4.78 is 53.7. The van der Waals surface area contributed by atoms with Gasteiger partial charge in [0.25, 0.3) is 5.82 Å². The maximum atomic E-state index is 14.1. The lowest BCUT2D eigenvalue weighted by molar-refractivity contribution is -0.633. The summed E-state index contributed by atoms with van der Waals surface area (Å²) in [7, 11) is 2.07. The van der Waals surface area contributed by atoms with Gasteiger partial charge in [0.05, 0.1) is 7.05 Å². The number of halogens is 3. The number of para-hydroxylation sites is 3. The molecule has 0 amide bonds. The highest BCUT2D eigenvalue weighted by molar-refractivity contribution is 6.16. The number of fused-ring (bicyclic) bond motifs is 6. The van der Waals surface area contributed by atoms with Gasteiger partial charge in [-0.15, -0.1) is 0 Å². The van der Waals surface area contributed by atoms with Crippen LogP contribution in [0.5, 0.6) is 0 Å². The molecule has 7 heteroatoms. The van der Waals surface area contributed by atoms with E-state index in [1.54, 1.807) is 19.9 Å². The third kappa shape index (κ3) is 4.12. The van der Waals surface area contributed by atoms with Gasteiger partial charge in [0.1, 0.15) is 22.6 Å². The largest absolute Gasteiger partial charge is 0.453 e. The van der Waals surface area contributed by atoms with Crippen LogP contribution in [0, 0.1) is 6.92 Å². The minimum Gasteiger partial charge on any atom is -0.453 e. The number of hydrogen-bond donors (Lipinski definition) is 0. The Bertz CT molecular complexity index is 2180. The molecule has 0 saturated heterocycles. The predicted molar refractivity (Wildman–Crippen MR) is 176 cm³/mol. The lowest BCUT2D eigenvalue weighted by Crippen LogP contribution is -2.37. The summed E-state index contributed by atoms with van der Waals surface area (Å²) >= 11 is 0. The second-order valence-corrected chi connectivity index (χ2v) is 13.5. The van der Waals surface area contributed by atoms with Crippen LogP contribution >= 0.6 is 0 Å². The van der Waals surface area contributed by atoms with E-state index in [0.717, 1.165) is 44.4 Å². The topological polar surface area (TPSA) is 34.3 Å². The van der Waals surface area contributed by atoms with Gasteiger partial charge >= 0.3 is 6.18 Å². The second-order valence-electron chi connectivity index (χ2n) is 13.5. The molecular weight excluding hydrogens is 571 g/mol. The smallest absolute Gasteiger partial charge is 0.430 e. The Kier molecular flexibility index (Phi) is 6.39. The first-order valence-corrected chi connectivity index (χ1v) is 15.5. The normalized spacial score (nSPS) is 14.8. The Morgan fingerprint density at radius 1 is 0.822 bits per heavy atom. The molecule has 0 fully saturated rings. The Hall–Kier alpha value is -4.39. The third-order valence-electron chi connectivity index (χ3n) is 9.55. The first kappa shape index (κ1) is 29.3. The number of benzene rings is 4. The Morgan fingerprint density at radius 2 is 1.44 bits per heavy atom. The van der Waals surface area contributed by atoms with Gasteiger partial charge in [-0.2, -0.15) is 17.7 Å². The molecule has 0 unspecified atom stereocenters. The SMILES string of the molecule is Cc1ccc2c(oc3c4c(ccc32)C(C)(C)C(C(F)(F)F)=N4)c1-c1n(-c2c(C(C)C)cccc2C(C)C)c2ccccc2[n+]1C. The van der Waals surface area contributed by atoms with Crippen LogP contribution in [-0.4, -0.2) is 16.5 Å². The van der Waals surface area contributed by atoms with Crippen molar-refractivity contribution < 1.29 is 22.2 Å². The first-order valence-electron chi connectivity index (χ1n) is 15.5. The summed E-state index contributed by atoms with van der Waals surface area (Å²) in [5, 5.41) is 1.60. The molecule has 230 valence electrons. The standard InChI is InChI=1S/C38H37F3N3O/c1-20(2)23-12-11-13-24(21(3)4)32(23)44-29-15-10-9-14-28(29)43(8)35(44)30-22(5)16-17-25-26-18-19-27-31(34(26)45-33(25)30)42-36(37(27,6)7)38(39,40)41/h9-21H,1-8H3/q+1. The molecule has 2 aromatic heterocycles. The number of imidazole rings is 1. The van der Waals surface area contributed by atoms with Crippen molar-refractivity contribution in [1.82, 2.24) is 4.57 Å². The van der Waals surface area contributed by atoms with E-state index in [9.17, 15) is 13.2 Å². The summed E-state index contributed by atoms with van der Waals surface area (Å²) in [5.74, 6) is 1.49. The van der Waals surface area contributed by atoms with E-state index < -0.39 is 17.3 Å². The molecule has 4 aromatic carbocycles. The molecule has 0 spiro atoms. The van der Waals surface area contributed by atoms with Crippen molar-refractivity contribution in [2.24, 2.45) is 12.0 Å². The van der Waals surface area contributed by atoms with E-state index in [-0.39, 0.29) is 17.5 Å². The summed E-state index contributed by atoms with van der Waals surface area (Å²) in [6.07, 6.45) is -4.55. The lowest BCUT2D eigenvalue weighted by atomic mass is 9.81. The van der Waals surface area contributed by atoms with Crippen LogP contribution in [0.1, 0.15) is 75.6 Å². The van der Waals surface area contributed by atoms with Crippen LogP contribution < -0.4 is 4.57 Å². The molecule has 4 nitrogen and oxygen atoms in total. The summed E-state index contributed by atoms with van der Waals surface area (Å²) in [4.78, 5) is 4.19. The first-order chi connectivity index (χ1) is 21.2. The lowest BCUT2D eigenvalue weighted by Gasteiger charge is -2.23. The molecule has 1 aliphatic rings. The van der Waals surface area contributed by atoms with E-state index in [0.29, 0.717) is 16.7 Å². The molecule has 0 radical (unpaired) electrons. The maximum Gasteiger partial charge on any atom is 0.430 e. The van der Waals surface area contributed by atoms with Gasteiger partial charge in [0, 0.05) is 27.3 Å². The van der Waals surface area contributed by atoms with Crippen LogP contribution in [0.25, 0.3) is 50.0 Å². The van der Waals surface area contributed by atoms with Crippen LogP contribution in [-0.2, 0) is 12.5 Å². The number of rotatable bonds is 4. The fourth-order valence-corrected chi connectivity index (χ4v) is 7.27. The number of furan rings is 1. The maximum absolute atomic E-state index is 14.1. The second kappa shape index (κ2) is 9.80. The summed E-state index contributed by atoms with van der Waals surface area (Å²) in [6, 6.07) is 22.7. The molecule has 1 aliphatic heterocycles. The minimum absolute atomic E-state index is 0.266. The van der Waals surface area contributed by atoms with Crippen LogP contribution in [0.4, 0.5) is 18.9 Å². The molecule has 6 aromatic rings. The monoisotopic (exact) mass is 608 g/mol. The van der Waals surface area contributed by atoms with Gasteiger partial charge in [0.2, 0.25) is 0 Å². The molecule has 0 saturated carbocycles. The number of alkyl halides is 3. The quantitative estimate of drug-likeness (QED) is 0.183. The van der Waals surface area contributed by atoms with Gasteiger partial charge in [-0.05, 0) is 42.0 Å². The molecule has 0 N–H and O–H groups in total. The van der Waals surface area contributed by atoms with Crippen LogP contribution in [0.2, 0.25) is 0 Å². The zero-order valence-corrected chi connectivity index (χ0v) is 26.9.